The van der Waals surface area contributed by atoms with Gasteiger partial charge in [-0.1, -0.05) is 15.9 Å². The van der Waals surface area contributed by atoms with Gasteiger partial charge in [-0.05, 0) is 31.4 Å². The molecule has 1 aliphatic heterocycles. The van der Waals surface area contributed by atoms with Crippen LogP contribution in [0.3, 0.4) is 0 Å². The van der Waals surface area contributed by atoms with Crippen LogP contribution in [0.1, 0.15) is 29.6 Å². The summed E-state index contributed by atoms with van der Waals surface area (Å²) in [5.74, 6) is -3.31. The molecule has 1 aromatic carbocycles. The number of halogens is 3. The van der Waals surface area contributed by atoms with Crippen molar-refractivity contribution in [3.63, 3.8) is 0 Å². The number of hydrogen-bond donors (Lipinski definition) is 0. The Morgan fingerprint density at radius 2 is 1.90 bits per heavy atom. The van der Waals surface area contributed by atoms with Crippen molar-refractivity contribution in [1.29, 1.82) is 0 Å². The molecule has 1 fully saturated rings. The third-order valence-corrected chi connectivity index (χ3v) is 3.92. The lowest BCUT2D eigenvalue weighted by molar-refractivity contribution is -0.147. The van der Waals surface area contributed by atoms with Crippen LogP contribution in [-0.4, -0.2) is 36.5 Å². The van der Waals surface area contributed by atoms with Crippen LogP contribution >= 0.6 is 15.9 Å². The Morgan fingerprint density at radius 3 is 2.48 bits per heavy atom. The third-order valence-electron chi connectivity index (χ3n) is 3.46. The number of methoxy groups -OCH3 is 1. The molecule has 0 radical (unpaired) electrons. The molecule has 0 aliphatic carbocycles. The molecule has 21 heavy (non-hydrogen) atoms. The first kappa shape index (κ1) is 15.9. The van der Waals surface area contributed by atoms with Gasteiger partial charge in [-0.3, -0.25) is 4.79 Å². The Labute approximate surface area is 129 Å². The Hall–Kier alpha value is -1.50. The van der Waals surface area contributed by atoms with E-state index in [9.17, 15) is 18.4 Å². The highest BCUT2D eigenvalue weighted by Gasteiger charge is 2.35. The van der Waals surface area contributed by atoms with Gasteiger partial charge in [0.15, 0.2) is 0 Å². The lowest BCUT2D eigenvalue weighted by Crippen LogP contribution is -2.48. The van der Waals surface area contributed by atoms with Crippen LogP contribution in [0.5, 0.6) is 0 Å². The van der Waals surface area contributed by atoms with Crippen LogP contribution in [0.2, 0.25) is 0 Å². The highest BCUT2D eigenvalue weighted by atomic mass is 79.9. The smallest absolute Gasteiger partial charge is 0.328 e. The predicted octanol–water partition coefficient (Wildman–Crippen LogP) is 2.90. The van der Waals surface area contributed by atoms with Crippen molar-refractivity contribution >= 4 is 27.8 Å². The minimum absolute atomic E-state index is 0.206. The number of carbonyl (C=O) groups excluding carboxylic acids is 2. The van der Waals surface area contributed by atoms with E-state index in [1.54, 1.807) is 0 Å². The van der Waals surface area contributed by atoms with E-state index in [1.165, 1.54) is 12.0 Å². The van der Waals surface area contributed by atoms with E-state index in [-0.39, 0.29) is 11.0 Å². The SMILES string of the molecule is COC(=O)C1CCCCN1C(=O)c1c(F)cc(Br)cc1F. The summed E-state index contributed by atoms with van der Waals surface area (Å²) in [7, 11) is 1.22. The van der Waals surface area contributed by atoms with Crippen molar-refractivity contribution in [2.24, 2.45) is 0 Å². The fourth-order valence-electron chi connectivity index (χ4n) is 2.45. The monoisotopic (exact) mass is 361 g/mol. The van der Waals surface area contributed by atoms with Gasteiger partial charge in [0.25, 0.3) is 5.91 Å². The summed E-state index contributed by atoms with van der Waals surface area (Å²) in [5, 5.41) is 0. The quantitative estimate of drug-likeness (QED) is 0.761. The zero-order valence-electron chi connectivity index (χ0n) is 11.4. The van der Waals surface area contributed by atoms with Crippen LogP contribution in [0.4, 0.5) is 8.78 Å². The molecule has 114 valence electrons. The van der Waals surface area contributed by atoms with Crippen molar-refractivity contribution in [3.8, 4) is 0 Å². The second kappa shape index (κ2) is 6.51. The Kier molecular flexibility index (Phi) is 4.92. The summed E-state index contributed by atoms with van der Waals surface area (Å²) in [5.41, 5.74) is -0.644. The normalized spacial score (nSPS) is 18.5. The summed E-state index contributed by atoms with van der Waals surface area (Å²) < 4.78 is 32.6. The van der Waals surface area contributed by atoms with E-state index in [4.69, 9.17) is 0 Å². The van der Waals surface area contributed by atoms with Crippen molar-refractivity contribution in [2.75, 3.05) is 13.7 Å². The first-order valence-corrected chi connectivity index (χ1v) is 7.28. The average Bonchev–Trinajstić information content (AvgIpc) is 2.45. The van der Waals surface area contributed by atoms with Crippen molar-refractivity contribution in [1.82, 2.24) is 4.90 Å². The van der Waals surface area contributed by atoms with Crippen LogP contribution in [0, 0.1) is 11.6 Å². The predicted molar refractivity (Wildman–Crippen MR) is 74.7 cm³/mol. The van der Waals surface area contributed by atoms with E-state index in [0.29, 0.717) is 12.8 Å². The maximum atomic E-state index is 13.9. The summed E-state index contributed by atoms with van der Waals surface area (Å²) in [4.78, 5) is 25.3. The molecule has 1 saturated heterocycles. The molecule has 2 rings (SSSR count). The maximum Gasteiger partial charge on any atom is 0.328 e. The number of hydrogen-bond acceptors (Lipinski definition) is 3. The van der Waals surface area contributed by atoms with Gasteiger partial charge >= 0.3 is 5.97 Å². The van der Waals surface area contributed by atoms with E-state index in [1.807, 2.05) is 0 Å². The fourth-order valence-corrected chi connectivity index (χ4v) is 2.85. The summed E-state index contributed by atoms with van der Waals surface area (Å²) in [6, 6.07) is 1.25. The number of rotatable bonds is 2. The topological polar surface area (TPSA) is 46.6 Å². The molecule has 1 amide bonds. The molecule has 0 saturated carbocycles. The number of nitrogens with zero attached hydrogens (tertiary/aromatic N) is 1. The molecule has 0 spiro atoms. The maximum absolute atomic E-state index is 13.9. The van der Waals surface area contributed by atoms with E-state index in [2.05, 4.69) is 20.7 Å². The zero-order valence-corrected chi connectivity index (χ0v) is 13.0. The number of esters is 1. The zero-order chi connectivity index (χ0) is 15.6. The van der Waals surface area contributed by atoms with Gasteiger partial charge in [-0.2, -0.15) is 0 Å². The lowest BCUT2D eigenvalue weighted by atomic mass is 10.0. The highest BCUT2D eigenvalue weighted by molar-refractivity contribution is 9.10. The second-order valence-electron chi connectivity index (χ2n) is 4.78. The van der Waals surface area contributed by atoms with E-state index >= 15 is 0 Å². The second-order valence-corrected chi connectivity index (χ2v) is 5.69. The van der Waals surface area contributed by atoms with E-state index in [0.717, 1.165) is 18.6 Å². The summed E-state index contributed by atoms with van der Waals surface area (Å²) in [6.07, 6.45) is 1.87. The van der Waals surface area contributed by atoms with Crippen LogP contribution in [0.25, 0.3) is 0 Å². The van der Waals surface area contributed by atoms with Crippen LogP contribution in [-0.2, 0) is 9.53 Å². The molecule has 1 atom stereocenters. The number of piperidine rings is 1. The third kappa shape index (κ3) is 3.23. The van der Waals surface area contributed by atoms with Crippen molar-refractivity contribution in [3.05, 3.63) is 33.8 Å². The van der Waals surface area contributed by atoms with Crippen molar-refractivity contribution < 1.29 is 23.1 Å². The molecular weight excluding hydrogens is 348 g/mol. The summed E-state index contributed by atoms with van der Waals surface area (Å²) >= 11 is 2.96. The largest absolute Gasteiger partial charge is 0.467 e. The number of ether oxygens (including phenoxy) is 1. The van der Waals surface area contributed by atoms with Gasteiger partial charge in [0.2, 0.25) is 0 Å². The van der Waals surface area contributed by atoms with Crippen LogP contribution < -0.4 is 0 Å². The molecule has 1 unspecified atom stereocenters. The highest BCUT2D eigenvalue weighted by Crippen LogP contribution is 2.25. The first-order valence-electron chi connectivity index (χ1n) is 6.49. The van der Waals surface area contributed by atoms with Crippen LogP contribution in [0.15, 0.2) is 16.6 Å². The first-order chi connectivity index (χ1) is 9.95. The van der Waals surface area contributed by atoms with E-state index < -0.39 is 35.1 Å². The van der Waals surface area contributed by atoms with Gasteiger partial charge < -0.3 is 9.64 Å². The molecule has 1 aromatic rings. The molecule has 7 heteroatoms. The number of carbonyl (C=O) groups is 2. The minimum atomic E-state index is -0.957. The molecule has 1 aliphatic rings. The molecule has 4 nitrogen and oxygen atoms in total. The van der Waals surface area contributed by atoms with Gasteiger partial charge in [-0.15, -0.1) is 0 Å². The standard InChI is InChI=1S/C14H14BrF2NO3/c1-21-14(20)11-4-2-3-5-18(11)13(19)12-9(16)6-8(15)7-10(12)17/h6-7,11H,2-5H2,1H3. The number of benzene rings is 1. The van der Waals surface area contributed by atoms with Crippen molar-refractivity contribution in [2.45, 2.75) is 25.3 Å². The number of amides is 1. The Bertz CT molecular complexity index is 556. The molecular formula is C14H14BrF2NO3. The molecule has 0 bridgehead atoms. The Balaban J connectivity index is 2.36. The average molecular weight is 362 g/mol. The van der Waals surface area contributed by atoms with Gasteiger partial charge in [0, 0.05) is 11.0 Å². The molecule has 0 aromatic heterocycles. The molecule has 1 heterocycles. The fraction of sp³-hybridized carbons (Fsp3) is 0.429. The van der Waals surface area contributed by atoms with Gasteiger partial charge in [-0.25, -0.2) is 13.6 Å². The van der Waals surface area contributed by atoms with Gasteiger partial charge in [0.05, 0.1) is 7.11 Å². The van der Waals surface area contributed by atoms with Gasteiger partial charge in [0.1, 0.15) is 23.2 Å². The lowest BCUT2D eigenvalue weighted by Gasteiger charge is -2.33. The number of likely N-dealkylation sites (tertiary alicyclic amines) is 1. The summed E-state index contributed by atoms with van der Waals surface area (Å²) in [6.45, 7) is 0.271. The molecule has 0 N–H and O–H groups in total. The Morgan fingerprint density at radius 1 is 1.29 bits per heavy atom. The minimum Gasteiger partial charge on any atom is -0.467 e.